The Morgan fingerprint density at radius 2 is 2.00 bits per heavy atom. The predicted octanol–water partition coefficient (Wildman–Crippen LogP) is 2.21. The normalized spacial score (nSPS) is 15.0. The Morgan fingerprint density at radius 1 is 1.23 bits per heavy atom. The first-order valence-electron chi connectivity index (χ1n) is 7.20. The third-order valence-corrected chi connectivity index (χ3v) is 4.31. The summed E-state index contributed by atoms with van der Waals surface area (Å²) in [6.45, 7) is 2.45. The van der Waals surface area contributed by atoms with E-state index >= 15 is 0 Å². The van der Waals surface area contributed by atoms with Crippen molar-refractivity contribution in [1.82, 2.24) is 15.2 Å². The summed E-state index contributed by atoms with van der Waals surface area (Å²) in [4.78, 5) is 12.0. The van der Waals surface area contributed by atoms with Gasteiger partial charge in [-0.2, -0.15) is 5.10 Å². The minimum atomic E-state index is 0.00250. The molecule has 0 spiro atoms. The van der Waals surface area contributed by atoms with Crippen LogP contribution in [0.1, 0.15) is 35.9 Å². The Balaban J connectivity index is 1.81. The van der Waals surface area contributed by atoms with E-state index in [0.717, 1.165) is 17.7 Å². The number of nitrogens with zero attached hydrogens (tertiary/aromatic N) is 4. The number of nitrogens with two attached hydrogens (primary N) is 1. The quantitative estimate of drug-likeness (QED) is 0.937. The molecule has 6 nitrogen and oxygen atoms in total. The minimum absolute atomic E-state index is 0.00250. The maximum atomic E-state index is 12.0. The number of carbonyl (C=O) groups is 1. The fourth-order valence-corrected chi connectivity index (χ4v) is 2.91. The molecule has 0 saturated heterocycles. The van der Waals surface area contributed by atoms with E-state index in [9.17, 15) is 4.79 Å². The van der Waals surface area contributed by atoms with Crippen molar-refractivity contribution in [3.63, 3.8) is 0 Å². The molecule has 0 unspecified atom stereocenters. The molecule has 1 amide bonds. The van der Waals surface area contributed by atoms with E-state index in [1.54, 1.807) is 0 Å². The van der Waals surface area contributed by atoms with Gasteiger partial charge in [-0.3, -0.25) is 4.79 Å². The molecule has 1 aromatic heterocycles. The highest BCUT2D eigenvalue weighted by atomic mass is 32.1. The minimum Gasteiger partial charge on any atom is -0.374 e. The first kappa shape index (κ1) is 14.6. The number of hydrazone groups is 1. The van der Waals surface area contributed by atoms with Crippen LogP contribution in [0.25, 0.3) is 0 Å². The van der Waals surface area contributed by atoms with Crippen LogP contribution in [0.5, 0.6) is 0 Å². The van der Waals surface area contributed by atoms with Crippen LogP contribution in [0.15, 0.2) is 29.4 Å². The number of aryl methyl sites for hydroxylation is 1. The van der Waals surface area contributed by atoms with E-state index in [1.807, 2.05) is 0 Å². The van der Waals surface area contributed by atoms with Gasteiger partial charge >= 0.3 is 0 Å². The van der Waals surface area contributed by atoms with Crippen molar-refractivity contribution in [2.75, 3.05) is 5.73 Å². The number of carbonyl (C=O) groups excluding carboxylic acids is 1. The van der Waals surface area contributed by atoms with Crippen LogP contribution in [0.2, 0.25) is 0 Å². The number of anilines is 1. The van der Waals surface area contributed by atoms with Gasteiger partial charge in [0, 0.05) is 12.8 Å². The summed E-state index contributed by atoms with van der Waals surface area (Å²) in [7, 11) is 0. The first-order chi connectivity index (χ1) is 10.7. The fourth-order valence-electron chi connectivity index (χ4n) is 2.32. The lowest BCUT2D eigenvalue weighted by molar-refractivity contribution is -0.132. The molecule has 0 aliphatic carbocycles. The number of amides is 1. The summed E-state index contributed by atoms with van der Waals surface area (Å²) in [6, 6.07) is 8.33. The highest BCUT2D eigenvalue weighted by molar-refractivity contribution is 7.15. The molecule has 1 aliphatic heterocycles. The fraction of sp³-hybridized carbons (Fsp3) is 0.333. The van der Waals surface area contributed by atoms with Gasteiger partial charge in [0.15, 0.2) is 0 Å². The van der Waals surface area contributed by atoms with Gasteiger partial charge < -0.3 is 5.73 Å². The van der Waals surface area contributed by atoms with Crippen LogP contribution >= 0.6 is 11.3 Å². The van der Waals surface area contributed by atoms with Crippen molar-refractivity contribution in [3.05, 3.63) is 40.4 Å². The Hall–Kier alpha value is -2.28. The second-order valence-corrected chi connectivity index (χ2v) is 6.18. The van der Waals surface area contributed by atoms with Crippen LogP contribution in [0.4, 0.5) is 5.13 Å². The largest absolute Gasteiger partial charge is 0.374 e. The zero-order valence-corrected chi connectivity index (χ0v) is 13.1. The Labute approximate surface area is 132 Å². The van der Waals surface area contributed by atoms with Crippen LogP contribution in [0.3, 0.4) is 0 Å². The van der Waals surface area contributed by atoms with E-state index in [2.05, 4.69) is 46.5 Å². The predicted molar refractivity (Wildman–Crippen MR) is 86.5 cm³/mol. The molecule has 114 valence electrons. The summed E-state index contributed by atoms with van der Waals surface area (Å²) in [5.74, 6) is 0.00250. The van der Waals surface area contributed by atoms with Gasteiger partial charge in [-0.25, -0.2) is 5.01 Å². The third kappa shape index (κ3) is 3.14. The molecule has 0 bridgehead atoms. The Morgan fingerprint density at radius 3 is 2.64 bits per heavy atom. The number of benzene rings is 1. The molecular formula is C15H17N5OS. The molecule has 0 saturated carbocycles. The van der Waals surface area contributed by atoms with E-state index in [0.29, 0.717) is 29.5 Å². The molecule has 2 heterocycles. The highest BCUT2D eigenvalue weighted by Gasteiger charge is 2.22. The molecule has 1 aromatic carbocycles. The summed E-state index contributed by atoms with van der Waals surface area (Å²) in [5, 5.41) is 14.8. The van der Waals surface area contributed by atoms with Crippen molar-refractivity contribution in [2.45, 2.75) is 32.7 Å². The molecule has 1 aliphatic rings. The second kappa shape index (κ2) is 6.23. The molecule has 0 radical (unpaired) electrons. The van der Waals surface area contributed by atoms with E-state index in [-0.39, 0.29) is 5.91 Å². The van der Waals surface area contributed by atoms with Gasteiger partial charge in [-0.05, 0) is 17.5 Å². The van der Waals surface area contributed by atoms with Crippen molar-refractivity contribution in [1.29, 1.82) is 0 Å². The summed E-state index contributed by atoms with van der Waals surface area (Å²) in [6.07, 6.45) is 2.14. The van der Waals surface area contributed by atoms with Crippen molar-refractivity contribution >= 4 is 28.1 Å². The van der Waals surface area contributed by atoms with Crippen LogP contribution < -0.4 is 5.73 Å². The molecule has 22 heavy (non-hydrogen) atoms. The number of hydrogen-bond donors (Lipinski definition) is 1. The lowest BCUT2D eigenvalue weighted by Gasteiger charge is -2.22. The average molecular weight is 315 g/mol. The highest BCUT2D eigenvalue weighted by Crippen LogP contribution is 2.20. The topological polar surface area (TPSA) is 84.5 Å². The molecule has 0 atom stereocenters. The first-order valence-corrected chi connectivity index (χ1v) is 8.02. The molecule has 3 rings (SSSR count). The monoisotopic (exact) mass is 315 g/mol. The third-order valence-electron chi connectivity index (χ3n) is 3.57. The van der Waals surface area contributed by atoms with Gasteiger partial charge in [-0.1, -0.05) is 42.5 Å². The van der Waals surface area contributed by atoms with Crippen LogP contribution in [-0.2, 0) is 17.8 Å². The SMILES string of the molecule is CCc1ccc(C2=NN(Cc3nnc(N)s3)C(=O)CC2)cc1. The average Bonchev–Trinajstić information content (AvgIpc) is 2.95. The van der Waals surface area contributed by atoms with Gasteiger partial charge in [0.05, 0.1) is 12.3 Å². The zero-order chi connectivity index (χ0) is 15.5. The Bertz CT molecular complexity index is 707. The molecule has 0 fully saturated rings. The number of nitrogen functional groups attached to an aromatic ring is 1. The lowest BCUT2D eigenvalue weighted by atomic mass is 10.0. The molecule has 2 aromatic rings. The summed E-state index contributed by atoms with van der Waals surface area (Å²) < 4.78 is 0. The molecular weight excluding hydrogens is 298 g/mol. The van der Waals surface area contributed by atoms with Gasteiger partial charge in [0.1, 0.15) is 5.01 Å². The molecule has 2 N–H and O–H groups in total. The zero-order valence-electron chi connectivity index (χ0n) is 12.3. The standard InChI is InChI=1S/C15H17N5OS/c1-2-10-3-5-11(6-4-10)12-7-8-14(21)20(19-12)9-13-17-18-15(16)22-13/h3-6H,2,7-9H2,1H3,(H2,16,18). The number of hydrogen-bond acceptors (Lipinski definition) is 6. The maximum absolute atomic E-state index is 12.0. The van der Waals surface area contributed by atoms with E-state index in [4.69, 9.17) is 5.73 Å². The van der Waals surface area contributed by atoms with Crippen molar-refractivity contribution in [3.8, 4) is 0 Å². The lowest BCUT2D eigenvalue weighted by Crippen LogP contribution is -2.31. The van der Waals surface area contributed by atoms with Crippen LogP contribution in [0, 0.1) is 0 Å². The number of rotatable bonds is 4. The smallest absolute Gasteiger partial charge is 0.243 e. The van der Waals surface area contributed by atoms with Crippen LogP contribution in [-0.4, -0.2) is 26.8 Å². The van der Waals surface area contributed by atoms with Gasteiger partial charge in [0.25, 0.3) is 0 Å². The van der Waals surface area contributed by atoms with E-state index < -0.39 is 0 Å². The van der Waals surface area contributed by atoms with Crippen molar-refractivity contribution < 1.29 is 4.79 Å². The van der Waals surface area contributed by atoms with E-state index in [1.165, 1.54) is 21.9 Å². The second-order valence-electron chi connectivity index (χ2n) is 5.08. The van der Waals surface area contributed by atoms with Crippen molar-refractivity contribution in [2.24, 2.45) is 5.10 Å². The maximum Gasteiger partial charge on any atom is 0.243 e. The summed E-state index contributed by atoms with van der Waals surface area (Å²) in [5.41, 5.74) is 8.85. The molecule has 7 heteroatoms. The van der Waals surface area contributed by atoms with Gasteiger partial charge in [-0.15, -0.1) is 10.2 Å². The van der Waals surface area contributed by atoms with Gasteiger partial charge in [0.2, 0.25) is 11.0 Å². The number of aromatic nitrogens is 2. The summed E-state index contributed by atoms with van der Waals surface area (Å²) >= 11 is 1.28. The Kier molecular flexibility index (Phi) is 4.15.